The molecule has 0 N–H and O–H groups in total. The molecule has 4 nitrogen and oxygen atoms in total. The van der Waals surface area contributed by atoms with E-state index < -0.39 is 0 Å². The van der Waals surface area contributed by atoms with E-state index in [1.54, 1.807) is 6.20 Å². The topological polar surface area (TPSA) is 51.8 Å². The summed E-state index contributed by atoms with van der Waals surface area (Å²) in [6.45, 7) is 1.84. The van der Waals surface area contributed by atoms with Gasteiger partial charge in [-0.25, -0.2) is 9.97 Å². The van der Waals surface area contributed by atoms with E-state index in [1.807, 2.05) is 6.92 Å². The fourth-order valence-corrected chi connectivity index (χ4v) is 1.12. The van der Waals surface area contributed by atoms with Gasteiger partial charge in [-0.3, -0.25) is 0 Å². The van der Waals surface area contributed by atoms with Gasteiger partial charge in [0.05, 0.1) is 6.20 Å². The summed E-state index contributed by atoms with van der Waals surface area (Å²) in [5.41, 5.74) is 2.15. The summed E-state index contributed by atoms with van der Waals surface area (Å²) in [6.07, 6.45) is 1.59. The van der Waals surface area contributed by atoms with Gasteiger partial charge in [-0.05, 0) is 22.9 Å². The van der Waals surface area contributed by atoms with Crippen LogP contribution in [-0.4, -0.2) is 15.1 Å². The Kier molecular flexibility index (Phi) is 1.38. The van der Waals surface area contributed by atoms with Gasteiger partial charge in [-0.2, -0.15) is 0 Å². The molecule has 0 saturated heterocycles. The first-order chi connectivity index (χ1) is 5.27. The van der Waals surface area contributed by atoms with Gasteiger partial charge in [-0.15, -0.1) is 0 Å². The molecule has 0 atom stereocenters. The predicted octanol–water partition coefficient (Wildman–Crippen LogP) is 1.69. The van der Waals surface area contributed by atoms with Gasteiger partial charge in [0.2, 0.25) is 5.58 Å². The van der Waals surface area contributed by atoms with Crippen LogP contribution in [0.2, 0.25) is 0 Å². The number of halogens is 1. The van der Waals surface area contributed by atoms with Crippen LogP contribution >= 0.6 is 15.9 Å². The summed E-state index contributed by atoms with van der Waals surface area (Å²) in [5.74, 6) is 0. The molecule has 56 valence electrons. The molecule has 0 aliphatic heterocycles. The second-order valence-corrected chi connectivity index (χ2v) is 2.83. The van der Waals surface area contributed by atoms with Crippen molar-refractivity contribution >= 4 is 27.0 Å². The molecular weight excluding hydrogens is 210 g/mol. The van der Waals surface area contributed by atoms with Crippen molar-refractivity contribution in [2.45, 2.75) is 6.92 Å². The van der Waals surface area contributed by atoms with Crippen LogP contribution < -0.4 is 0 Å². The molecule has 2 aromatic rings. The lowest BCUT2D eigenvalue weighted by Gasteiger charge is -1.86. The molecule has 2 rings (SSSR count). The van der Waals surface area contributed by atoms with Crippen molar-refractivity contribution < 1.29 is 4.52 Å². The summed E-state index contributed by atoms with van der Waals surface area (Å²) in [7, 11) is 0. The second kappa shape index (κ2) is 2.27. The zero-order chi connectivity index (χ0) is 7.84. The number of hydrogen-bond donors (Lipinski definition) is 0. The molecule has 0 aliphatic rings. The number of nitrogens with zero attached hydrogens (tertiary/aromatic N) is 3. The third kappa shape index (κ3) is 1.01. The highest BCUT2D eigenvalue weighted by Crippen LogP contribution is 2.15. The summed E-state index contributed by atoms with van der Waals surface area (Å²) in [6, 6.07) is 0. The fourth-order valence-electron chi connectivity index (χ4n) is 0.836. The summed E-state index contributed by atoms with van der Waals surface area (Å²) >= 11 is 3.16. The summed E-state index contributed by atoms with van der Waals surface area (Å²) in [5, 5.41) is 3.74. The normalized spacial score (nSPS) is 10.7. The Morgan fingerprint density at radius 2 is 2.36 bits per heavy atom. The monoisotopic (exact) mass is 213 g/mol. The molecule has 0 spiro atoms. The zero-order valence-corrected chi connectivity index (χ0v) is 7.29. The first-order valence-corrected chi connectivity index (χ1v) is 3.81. The van der Waals surface area contributed by atoms with Crippen LogP contribution in [0.3, 0.4) is 0 Å². The van der Waals surface area contributed by atoms with Crippen molar-refractivity contribution in [1.29, 1.82) is 0 Å². The second-order valence-electron chi connectivity index (χ2n) is 2.12. The Morgan fingerprint density at radius 1 is 1.55 bits per heavy atom. The minimum absolute atomic E-state index is 0.552. The van der Waals surface area contributed by atoms with Crippen LogP contribution in [0.4, 0.5) is 0 Å². The van der Waals surface area contributed by atoms with E-state index in [9.17, 15) is 0 Å². The van der Waals surface area contributed by atoms with Crippen molar-refractivity contribution in [2.75, 3.05) is 0 Å². The third-order valence-corrected chi connectivity index (χ3v) is 1.73. The van der Waals surface area contributed by atoms with E-state index in [2.05, 4.69) is 31.1 Å². The van der Waals surface area contributed by atoms with Crippen LogP contribution in [-0.2, 0) is 0 Å². The van der Waals surface area contributed by atoms with Crippen molar-refractivity contribution in [1.82, 2.24) is 15.1 Å². The molecule has 0 unspecified atom stereocenters. The minimum Gasteiger partial charge on any atom is -0.353 e. The van der Waals surface area contributed by atoms with Crippen LogP contribution in [0.1, 0.15) is 5.69 Å². The molecule has 0 fully saturated rings. The van der Waals surface area contributed by atoms with Crippen molar-refractivity contribution in [3.63, 3.8) is 0 Å². The molecule has 2 heterocycles. The largest absolute Gasteiger partial charge is 0.353 e. The first-order valence-electron chi connectivity index (χ1n) is 3.02. The van der Waals surface area contributed by atoms with Gasteiger partial charge in [0, 0.05) is 0 Å². The average Bonchev–Trinajstić information content (AvgIpc) is 2.33. The van der Waals surface area contributed by atoms with Crippen LogP contribution in [0, 0.1) is 6.92 Å². The van der Waals surface area contributed by atoms with E-state index in [0.29, 0.717) is 10.3 Å². The molecule has 2 aromatic heterocycles. The van der Waals surface area contributed by atoms with Gasteiger partial charge in [0.1, 0.15) is 11.2 Å². The highest BCUT2D eigenvalue weighted by Gasteiger charge is 2.05. The number of aryl methyl sites for hydroxylation is 1. The van der Waals surface area contributed by atoms with Crippen LogP contribution in [0.5, 0.6) is 0 Å². The molecule has 0 radical (unpaired) electrons. The SMILES string of the molecule is Cc1noc2cnc(Br)nc12. The Hall–Kier alpha value is -0.970. The highest BCUT2D eigenvalue weighted by molar-refractivity contribution is 9.10. The van der Waals surface area contributed by atoms with E-state index in [4.69, 9.17) is 4.52 Å². The molecule has 0 aromatic carbocycles. The number of aromatic nitrogens is 3. The third-order valence-electron chi connectivity index (χ3n) is 1.35. The standard InChI is InChI=1S/C6H4BrN3O/c1-3-5-4(11-10-3)2-8-6(7)9-5/h2H,1H3. The van der Waals surface area contributed by atoms with Crippen molar-refractivity contribution in [2.24, 2.45) is 0 Å². The molecule has 11 heavy (non-hydrogen) atoms. The smallest absolute Gasteiger partial charge is 0.203 e. The molecule has 5 heteroatoms. The quantitative estimate of drug-likeness (QED) is 0.626. The summed E-state index contributed by atoms with van der Waals surface area (Å²) < 4.78 is 5.46. The lowest BCUT2D eigenvalue weighted by atomic mass is 10.4. The van der Waals surface area contributed by atoms with Gasteiger partial charge in [-0.1, -0.05) is 5.16 Å². The Morgan fingerprint density at radius 3 is 3.18 bits per heavy atom. The Balaban J connectivity index is 2.87. The zero-order valence-electron chi connectivity index (χ0n) is 5.71. The van der Waals surface area contributed by atoms with E-state index >= 15 is 0 Å². The van der Waals surface area contributed by atoms with E-state index in [1.165, 1.54) is 0 Å². The van der Waals surface area contributed by atoms with Gasteiger partial charge < -0.3 is 4.52 Å². The number of rotatable bonds is 0. The lowest BCUT2D eigenvalue weighted by Crippen LogP contribution is -1.81. The maximum Gasteiger partial charge on any atom is 0.203 e. The maximum atomic E-state index is 4.91. The van der Waals surface area contributed by atoms with Crippen molar-refractivity contribution in [3.05, 3.63) is 16.6 Å². The fraction of sp³-hybridized carbons (Fsp3) is 0.167. The average molecular weight is 214 g/mol. The molecule has 0 amide bonds. The van der Waals surface area contributed by atoms with E-state index in [-0.39, 0.29) is 0 Å². The van der Waals surface area contributed by atoms with Crippen molar-refractivity contribution in [3.8, 4) is 0 Å². The van der Waals surface area contributed by atoms with Crippen LogP contribution in [0.15, 0.2) is 15.5 Å². The van der Waals surface area contributed by atoms with E-state index in [0.717, 1.165) is 11.2 Å². The molecule has 0 bridgehead atoms. The lowest BCUT2D eigenvalue weighted by molar-refractivity contribution is 0.449. The molecular formula is C6H4BrN3O. The Bertz CT molecular complexity index is 398. The van der Waals surface area contributed by atoms with Crippen LogP contribution in [0.25, 0.3) is 11.1 Å². The number of hydrogen-bond acceptors (Lipinski definition) is 4. The van der Waals surface area contributed by atoms with Gasteiger partial charge in [0.25, 0.3) is 0 Å². The predicted molar refractivity (Wildman–Crippen MR) is 42.0 cm³/mol. The molecule has 0 aliphatic carbocycles. The van der Waals surface area contributed by atoms with Gasteiger partial charge >= 0.3 is 0 Å². The molecule has 0 saturated carbocycles. The Labute approximate surface area is 70.8 Å². The summed E-state index contributed by atoms with van der Waals surface area (Å²) in [4.78, 5) is 7.98. The highest BCUT2D eigenvalue weighted by atomic mass is 79.9. The minimum atomic E-state index is 0.552. The number of fused-ring (bicyclic) bond motifs is 1. The first kappa shape index (κ1) is 6.72. The maximum absolute atomic E-state index is 4.91. The van der Waals surface area contributed by atoms with Gasteiger partial charge in [0.15, 0.2) is 4.73 Å².